The molecule has 2 aromatic carbocycles. The van der Waals surface area contributed by atoms with Gasteiger partial charge < -0.3 is 0 Å². The van der Waals surface area contributed by atoms with Crippen LogP contribution in [-0.2, 0) is 4.79 Å². The van der Waals surface area contributed by atoms with Crippen molar-refractivity contribution in [2.45, 2.75) is 19.8 Å². The van der Waals surface area contributed by atoms with Gasteiger partial charge in [-0.2, -0.15) is 0 Å². The van der Waals surface area contributed by atoms with Crippen molar-refractivity contribution in [3.8, 4) is 0 Å². The van der Waals surface area contributed by atoms with Crippen LogP contribution in [-0.4, -0.2) is 36.3 Å². The van der Waals surface area contributed by atoms with Crippen LogP contribution in [0.4, 0.5) is 15.8 Å². The maximum atomic E-state index is 13.1. The van der Waals surface area contributed by atoms with Crippen molar-refractivity contribution < 1.29 is 9.18 Å². The second-order valence-corrected chi connectivity index (χ2v) is 7.15. The number of amides is 1. The van der Waals surface area contributed by atoms with Gasteiger partial charge in [-0.3, -0.25) is 14.6 Å². The minimum atomic E-state index is -0.312. The highest BCUT2D eigenvalue weighted by atomic mass is 19.1. The van der Waals surface area contributed by atoms with E-state index in [1.807, 2.05) is 29.2 Å². The number of aliphatic imine (C=N–C) groups is 1. The van der Waals surface area contributed by atoms with Gasteiger partial charge in [-0.05, 0) is 55.6 Å². The maximum absolute atomic E-state index is 13.1. The molecule has 0 N–H and O–H groups in total. The summed E-state index contributed by atoms with van der Waals surface area (Å²) < 4.78 is 13.1. The molecule has 0 bridgehead atoms. The van der Waals surface area contributed by atoms with Gasteiger partial charge in [0.25, 0.3) is 5.91 Å². The molecular formula is C21H22FN3O. The number of likely N-dealkylation sites (tertiary alicyclic amines) is 1. The summed E-state index contributed by atoms with van der Waals surface area (Å²) in [5.74, 6) is 0.255. The van der Waals surface area contributed by atoms with Gasteiger partial charge in [0.2, 0.25) is 0 Å². The molecule has 0 spiro atoms. The van der Waals surface area contributed by atoms with E-state index in [1.165, 1.54) is 25.0 Å². The van der Waals surface area contributed by atoms with Crippen LogP contribution in [0.3, 0.4) is 0 Å². The van der Waals surface area contributed by atoms with Crippen molar-refractivity contribution in [2.24, 2.45) is 10.9 Å². The molecule has 1 atom stereocenters. The van der Waals surface area contributed by atoms with E-state index in [0.717, 1.165) is 24.3 Å². The van der Waals surface area contributed by atoms with Crippen LogP contribution in [0.25, 0.3) is 0 Å². The molecule has 5 heteroatoms. The first kappa shape index (κ1) is 16.9. The molecule has 134 valence electrons. The Morgan fingerprint density at radius 3 is 2.69 bits per heavy atom. The van der Waals surface area contributed by atoms with Crippen molar-refractivity contribution >= 4 is 23.0 Å². The Morgan fingerprint density at radius 2 is 1.92 bits per heavy atom. The molecule has 1 saturated heterocycles. The summed E-state index contributed by atoms with van der Waals surface area (Å²) in [4.78, 5) is 21.8. The maximum Gasteiger partial charge on any atom is 0.278 e. The normalized spacial score (nSPS) is 22.1. The lowest BCUT2D eigenvalue weighted by atomic mass is 10.0. The summed E-state index contributed by atoms with van der Waals surface area (Å²) >= 11 is 0. The first-order chi connectivity index (χ1) is 12.6. The standard InChI is InChI=1S/C21H22FN3O/c1-15-5-4-12-24(13-15)14-25-19-7-3-2-6-18(19)20(21(25)26)23-17-10-8-16(22)9-11-17/h2-3,6-11,15H,4-5,12-14H2,1H3. The van der Waals surface area contributed by atoms with Crippen LogP contribution in [0, 0.1) is 11.7 Å². The molecule has 2 aliphatic rings. The number of nitrogens with zero attached hydrogens (tertiary/aromatic N) is 3. The van der Waals surface area contributed by atoms with Crippen LogP contribution in [0.1, 0.15) is 25.3 Å². The predicted octanol–water partition coefficient (Wildman–Crippen LogP) is 3.98. The van der Waals surface area contributed by atoms with E-state index in [-0.39, 0.29) is 11.7 Å². The van der Waals surface area contributed by atoms with Gasteiger partial charge in [-0.1, -0.05) is 25.1 Å². The minimum absolute atomic E-state index is 0.0891. The minimum Gasteiger partial charge on any atom is -0.293 e. The van der Waals surface area contributed by atoms with Crippen molar-refractivity contribution in [1.29, 1.82) is 0 Å². The third kappa shape index (κ3) is 3.27. The van der Waals surface area contributed by atoms with Crippen molar-refractivity contribution in [1.82, 2.24) is 4.90 Å². The van der Waals surface area contributed by atoms with Gasteiger partial charge in [0.1, 0.15) is 11.5 Å². The van der Waals surface area contributed by atoms with Gasteiger partial charge in [0.05, 0.1) is 18.0 Å². The first-order valence-electron chi connectivity index (χ1n) is 9.10. The topological polar surface area (TPSA) is 35.9 Å². The van der Waals surface area contributed by atoms with E-state index in [2.05, 4.69) is 16.8 Å². The van der Waals surface area contributed by atoms with Gasteiger partial charge in [-0.15, -0.1) is 0 Å². The van der Waals surface area contributed by atoms with Crippen molar-refractivity contribution in [3.63, 3.8) is 0 Å². The van der Waals surface area contributed by atoms with E-state index in [4.69, 9.17) is 0 Å². The molecule has 0 radical (unpaired) electrons. The number of halogens is 1. The summed E-state index contributed by atoms with van der Waals surface area (Å²) in [6, 6.07) is 13.6. The third-order valence-corrected chi connectivity index (χ3v) is 5.05. The zero-order valence-corrected chi connectivity index (χ0v) is 14.9. The van der Waals surface area contributed by atoms with Gasteiger partial charge >= 0.3 is 0 Å². The van der Waals surface area contributed by atoms with E-state index >= 15 is 0 Å². The molecule has 26 heavy (non-hydrogen) atoms. The molecular weight excluding hydrogens is 329 g/mol. The monoisotopic (exact) mass is 351 g/mol. The quantitative estimate of drug-likeness (QED) is 0.838. The molecule has 2 aliphatic heterocycles. The summed E-state index contributed by atoms with van der Waals surface area (Å²) in [6.45, 7) is 4.87. The van der Waals surface area contributed by atoms with Crippen LogP contribution in [0.2, 0.25) is 0 Å². The summed E-state index contributed by atoms with van der Waals surface area (Å²) in [5.41, 5.74) is 2.75. The van der Waals surface area contributed by atoms with E-state index < -0.39 is 0 Å². The molecule has 4 rings (SSSR count). The van der Waals surface area contributed by atoms with Gasteiger partial charge in [0, 0.05) is 12.1 Å². The number of piperidine rings is 1. The molecule has 1 unspecified atom stereocenters. The number of fused-ring (bicyclic) bond motifs is 1. The fraction of sp³-hybridized carbons (Fsp3) is 0.333. The number of para-hydroxylation sites is 1. The average molecular weight is 351 g/mol. The number of carbonyl (C=O) groups is 1. The highest BCUT2D eigenvalue weighted by molar-refractivity contribution is 6.54. The molecule has 1 amide bonds. The van der Waals surface area contributed by atoms with Crippen molar-refractivity contribution in [2.75, 3.05) is 24.7 Å². The number of benzene rings is 2. The average Bonchev–Trinajstić information content (AvgIpc) is 2.90. The Balaban J connectivity index is 1.65. The zero-order chi connectivity index (χ0) is 18.1. The lowest BCUT2D eigenvalue weighted by Gasteiger charge is -2.33. The second-order valence-electron chi connectivity index (χ2n) is 7.15. The van der Waals surface area contributed by atoms with E-state index in [0.29, 0.717) is 24.0 Å². The van der Waals surface area contributed by atoms with Crippen LogP contribution in [0.5, 0.6) is 0 Å². The fourth-order valence-corrected chi connectivity index (χ4v) is 3.77. The zero-order valence-electron chi connectivity index (χ0n) is 14.9. The molecule has 0 saturated carbocycles. The molecule has 4 nitrogen and oxygen atoms in total. The number of hydrogen-bond donors (Lipinski definition) is 0. The Hall–Kier alpha value is -2.53. The predicted molar refractivity (Wildman–Crippen MR) is 101 cm³/mol. The summed E-state index contributed by atoms with van der Waals surface area (Å²) in [5, 5.41) is 0. The number of hydrogen-bond acceptors (Lipinski definition) is 3. The number of carbonyl (C=O) groups excluding carboxylic acids is 1. The van der Waals surface area contributed by atoms with E-state index in [1.54, 1.807) is 12.1 Å². The molecule has 0 aliphatic carbocycles. The second kappa shape index (κ2) is 7.00. The van der Waals surface area contributed by atoms with E-state index in [9.17, 15) is 9.18 Å². The fourth-order valence-electron chi connectivity index (χ4n) is 3.77. The molecule has 2 heterocycles. The van der Waals surface area contributed by atoms with Crippen molar-refractivity contribution in [3.05, 3.63) is 59.9 Å². The van der Waals surface area contributed by atoms with Crippen LogP contribution < -0.4 is 4.90 Å². The largest absolute Gasteiger partial charge is 0.293 e. The SMILES string of the molecule is CC1CCCN(CN2C(=O)C(=Nc3ccc(F)cc3)c3ccccc32)C1. The number of anilines is 1. The number of rotatable bonds is 3. The highest BCUT2D eigenvalue weighted by Gasteiger charge is 2.35. The highest BCUT2D eigenvalue weighted by Crippen LogP contribution is 2.31. The van der Waals surface area contributed by atoms with Crippen LogP contribution >= 0.6 is 0 Å². The van der Waals surface area contributed by atoms with Gasteiger partial charge in [-0.25, -0.2) is 9.38 Å². The summed E-state index contributed by atoms with van der Waals surface area (Å²) in [6.07, 6.45) is 2.42. The molecule has 1 fully saturated rings. The smallest absolute Gasteiger partial charge is 0.278 e. The Kier molecular flexibility index (Phi) is 4.55. The third-order valence-electron chi connectivity index (χ3n) is 5.05. The van der Waals surface area contributed by atoms with Gasteiger partial charge in [0.15, 0.2) is 0 Å². The lowest BCUT2D eigenvalue weighted by Crippen LogP contribution is -2.45. The lowest BCUT2D eigenvalue weighted by molar-refractivity contribution is -0.112. The Morgan fingerprint density at radius 1 is 1.15 bits per heavy atom. The molecule has 0 aromatic heterocycles. The molecule has 2 aromatic rings. The Bertz CT molecular complexity index is 847. The van der Waals surface area contributed by atoms with Crippen LogP contribution in [0.15, 0.2) is 53.5 Å². The summed E-state index contributed by atoms with van der Waals surface area (Å²) in [7, 11) is 0. The first-order valence-corrected chi connectivity index (χ1v) is 9.10. The Labute approximate surface area is 153 Å².